The highest BCUT2D eigenvalue weighted by Crippen LogP contribution is 2.27. The average Bonchev–Trinajstić information content (AvgIpc) is 2.61. The van der Waals surface area contributed by atoms with Crippen LogP contribution in [0.1, 0.15) is 30.9 Å². The number of amides is 2. The molecule has 1 aromatic rings. The number of fused-ring (bicyclic) bond motifs is 1. The normalized spacial score (nSPS) is 21.7. The van der Waals surface area contributed by atoms with Crippen LogP contribution in [-0.4, -0.2) is 49.1 Å². The summed E-state index contributed by atoms with van der Waals surface area (Å²) in [5.74, 6) is 0.333. The zero-order valence-electron chi connectivity index (χ0n) is 14.3. The van der Waals surface area contributed by atoms with Crippen LogP contribution < -0.4 is 5.32 Å². The van der Waals surface area contributed by atoms with Gasteiger partial charge in [-0.05, 0) is 43.2 Å². The number of rotatable bonds is 4. The molecule has 0 spiro atoms. The molecule has 130 valence electrons. The van der Waals surface area contributed by atoms with Crippen LogP contribution in [0.15, 0.2) is 24.3 Å². The van der Waals surface area contributed by atoms with Crippen molar-refractivity contribution in [2.75, 3.05) is 26.3 Å². The van der Waals surface area contributed by atoms with Gasteiger partial charge >= 0.3 is 0 Å². The van der Waals surface area contributed by atoms with Gasteiger partial charge in [-0.15, -0.1) is 0 Å². The highest BCUT2D eigenvalue weighted by Gasteiger charge is 2.25. The van der Waals surface area contributed by atoms with Crippen molar-refractivity contribution in [1.29, 1.82) is 0 Å². The van der Waals surface area contributed by atoms with Crippen LogP contribution in [-0.2, 0) is 27.2 Å². The fourth-order valence-electron chi connectivity index (χ4n) is 3.63. The van der Waals surface area contributed by atoms with Crippen LogP contribution >= 0.6 is 0 Å². The molecular formula is C19H26N2O3. The number of morpholine rings is 1. The number of benzene rings is 1. The lowest BCUT2D eigenvalue weighted by Crippen LogP contribution is -2.50. The van der Waals surface area contributed by atoms with Gasteiger partial charge in [0.1, 0.15) is 6.04 Å². The topological polar surface area (TPSA) is 58.6 Å². The van der Waals surface area contributed by atoms with Crippen molar-refractivity contribution in [2.24, 2.45) is 5.92 Å². The first-order valence-electron chi connectivity index (χ1n) is 8.86. The Morgan fingerprint density at radius 2 is 1.96 bits per heavy atom. The van der Waals surface area contributed by atoms with Gasteiger partial charge in [0.15, 0.2) is 0 Å². The molecule has 0 unspecified atom stereocenters. The molecule has 1 fully saturated rings. The van der Waals surface area contributed by atoms with Gasteiger partial charge in [0.05, 0.1) is 13.2 Å². The Kier molecular flexibility index (Phi) is 5.51. The molecule has 0 aromatic heterocycles. The summed E-state index contributed by atoms with van der Waals surface area (Å²) in [5, 5.41) is 2.88. The number of nitrogens with zero attached hydrogens (tertiary/aromatic N) is 1. The van der Waals surface area contributed by atoms with E-state index >= 15 is 0 Å². The smallest absolute Gasteiger partial charge is 0.245 e. The number of carbonyl (C=O) groups excluding carboxylic acids is 2. The third-order valence-corrected chi connectivity index (χ3v) is 4.99. The molecule has 24 heavy (non-hydrogen) atoms. The molecule has 1 N–H and O–H groups in total. The molecule has 1 aliphatic heterocycles. The number of ether oxygens (including phenoxy) is 1. The molecule has 0 radical (unpaired) electrons. The third-order valence-electron chi connectivity index (χ3n) is 4.99. The molecule has 2 aliphatic rings. The minimum absolute atomic E-state index is 0.0133. The van der Waals surface area contributed by atoms with E-state index in [2.05, 4.69) is 29.6 Å². The van der Waals surface area contributed by atoms with Crippen molar-refractivity contribution in [3.63, 3.8) is 0 Å². The maximum atomic E-state index is 12.3. The molecule has 1 heterocycles. The van der Waals surface area contributed by atoms with Crippen LogP contribution in [0.25, 0.3) is 0 Å². The van der Waals surface area contributed by atoms with E-state index in [4.69, 9.17) is 4.74 Å². The number of aryl methyl sites for hydroxylation is 1. The lowest BCUT2D eigenvalue weighted by atomic mass is 9.82. The number of nitrogens with one attached hydrogen (secondary N) is 1. The third kappa shape index (κ3) is 4.15. The molecule has 0 saturated carbocycles. The summed E-state index contributed by atoms with van der Waals surface area (Å²) >= 11 is 0. The predicted molar refractivity (Wildman–Crippen MR) is 91.6 cm³/mol. The fraction of sp³-hybridized carbons (Fsp3) is 0.579. The fourth-order valence-corrected chi connectivity index (χ4v) is 3.63. The molecule has 0 bridgehead atoms. The minimum Gasteiger partial charge on any atom is -0.378 e. The molecule has 1 aliphatic carbocycles. The standard InChI is InChI=1S/C19H26N2O3/c1-14(19(23)21-8-10-24-11-9-21)20-18(22)13-15-6-7-16-4-2-3-5-17(16)12-15/h2-5,14-15H,6-13H2,1H3,(H,20,22)/t14-,15+/m1/s1. The van der Waals surface area contributed by atoms with Crippen molar-refractivity contribution in [2.45, 2.75) is 38.6 Å². The second kappa shape index (κ2) is 7.79. The van der Waals surface area contributed by atoms with E-state index in [9.17, 15) is 9.59 Å². The molecule has 2 atom stereocenters. The maximum Gasteiger partial charge on any atom is 0.245 e. The Labute approximate surface area is 143 Å². The molecule has 5 nitrogen and oxygen atoms in total. The highest BCUT2D eigenvalue weighted by atomic mass is 16.5. The first kappa shape index (κ1) is 17.0. The van der Waals surface area contributed by atoms with Gasteiger partial charge in [0, 0.05) is 19.5 Å². The average molecular weight is 330 g/mol. The molecule has 2 amide bonds. The zero-order valence-corrected chi connectivity index (χ0v) is 14.3. The summed E-state index contributed by atoms with van der Waals surface area (Å²) in [6.45, 7) is 4.14. The Bertz CT molecular complexity index is 596. The SMILES string of the molecule is C[C@@H](NC(=O)C[C@H]1CCc2ccccc2C1)C(=O)N1CCOCC1. The predicted octanol–water partition coefficient (Wildman–Crippen LogP) is 1.55. The van der Waals surface area contributed by atoms with Gasteiger partial charge in [0.2, 0.25) is 11.8 Å². The van der Waals surface area contributed by atoms with Crippen molar-refractivity contribution in [3.05, 3.63) is 35.4 Å². The Hall–Kier alpha value is -1.88. The van der Waals surface area contributed by atoms with Gasteiger partial charge in [-0.3, -0.25) is 9.59 Å². The van der Waals surface area contributed by atoms with E-state index in [1.807, 2.05) is 0 Å². The zero-order chi connectivity index (χ0) is 16.9. The quantitative estimate of drug-likeness (QED) is 0.911. The van der Waals surface area contributed by atoms with Crippen molar-refractivity contribution in [1.82, 2.24) is 10.2 Å². The van der Waals surface area contributed by atoms with Crippen LogP contribution in [0, 0.1) is 5.92 Å². The molecule has 5 heteroatoms. The Morgan fingerprint density at radius 1 is 1.25 bits per heavy atom. The second-order valence-corrected chi connectivity index (χ2v) is 6.81. The van der Waals surface area contributed by atoms with Crippen LogP contribution in [0.2, 0.25) is 0 Å². The Balaban J connectivity index is 1.48. The van der Waals surface area contributed by atoms with E-state index in [1.54, 1.807) is 11.8 Å². The largest absolute Gasteiger partial charge is 0.378 e. The first-order valence-corrected chi connectivity index (χ1v) is 8.86. The second-order valence-electron chi connectivity index (χ2n) is 6.81. The highest BCUT2D eigenvalue weighted by molar-refractivity contribution is 5.87. The molecular weight excluding hydrogens is 304 g/mol. The minimum atomic E-state index is -0.466. The number of hydrogen-bond donors (Lipinski definition) is 1. The summed E-state index contributed by atoms with van der Waals surface area (Å²) in [6.07, 6.45) is 3.52. The van der Waals surface area contributed by atoms with E-state index in [1.165, 1.54) is 11.1 Å². The lowest BCUT2D eigenvalue weighted by molar-refractivity contribution is -0.139. The summed E-state index contributed by atoms with van der Waals surface area (Å²) < 4.78 is 5.26. The number of hydrogen-bond acceptors (Lipinski definition) is 3. The van der Waals surface area contributed by atoms with E-state index in [-0.39, 0.29) is 11.8 Å². The van der Waals surface area contributed by atoms with Crippen molar-refractivity contribution < 1.29 is 14.3 Å². The Morgan fingerprint density at radius 3 is 2.71 bits per heavy atom. The summed E-state index contributed by atoms with van der Waals surface area (Å²) in [7, 11) is 0. The van der Waals surface area contributed by atoms with Crippen LogP contribution in [0.5, 0.6) is 0 Å². The molecule has 1 saturated heterocycles. The van der Waals surface area contributed by atoms with Gasteiger partial charge < -0.3 is 15.0 Å². The number of carbonyl (C=O) groups is 2. The van der Waals surface area contributed by atoms with Crippen LogP contribution in [0.3, 0.4) is 0 Å². The summed E-state index contributed by atoms with van der Waals surface area (Å²) in [6, 6.07) is 8.00. The van der Waals surface area contributed by atoms with Crippen molar-refractivity contribution >= 4 is 11.8 Å². The monoisotopic (exact) mass is 330 g/mol. The maximum absolute atomic E-state index is 12.3. The lowest BCUT2D eigenvalue weighted by Gasteiger charge is -2.30. The van der Waals surface area contributed by atoms with Gasteiger partial charge in [0.25, 0.3) is 0 Å². The van der Waals surface area contributed by atoms with E-state index in [0.717, 1.165) is 19.3 Å². The van der Waals surface area contributed by atoms with Crippen LogP contribution in [0.4, 0.5) is 0 Å². The molecule has 3 rings (SSSR count). The van der Waals surface area contributed by atoms with E-state index in [0.29, 0.717) is 38.6 Å². The molecule has 1 aromatic carbocycles. The van der Waals surface area contributed by atoms with Gasteiger partial charge in [-0.1, -0.05) is 24.3 Å². The first-order chi connectivity index (χ1) is 11.6. The van der Waals surface area contributed by atoms with E-state index < -0.39 is 6.04 Å². The van der Waals surface area contributed by atoms with Crippen molar-refractivity contribution in [3.8, 4) is 0 Å². The van der Waals surface area contributed by atoms with Gasteiger partial charge in [-0.25, -0.2) is 0 Å². The summed E-state index contributed by atoms with van der Waals surface area (Å²) in [4.78, 5) is 26.4. The van der Waals surface area contributed by atoms with Gasteiger partial charge in [-0.2, -0.15) is 0 Å². The summed E-state index contributed by atoms with van der Waals surface area (Å²) in [5.41, 5.74) is 2.77.